The van der Waals surface area contributed by atoms with Crippen molar-refractivity contribution in [2.24, 2.45) is 4.99 Å². The predicted molar refractivity (Wildman–Crippen MR) is 96.1 cm³/mol. The molecule has 0 aliphatic carbocycles. The van der Waals surface area contributed by atoms with Gasteiger partial charge in [-0.15, -0.1) is 30.4 Å². The Morgan fingerprint density at radius 2 is 2.10 bits per heavy atom. The molecule has 1 saturated heterocycles. The van der Waals surface area contributed by atoms with E-state index in [2.05, 4.69) is 26.4 Å². The fraction of sp³-hybridized carbons (Fsp3) is 0.786. The van der Waals surface area contributed by atoms with Gasteiger partial charge in [0.2, 0.25) is 0 Å². The number of rotatable bonds is 6. The third-order valence-corrected chi connectivity index (χ3v) is 2.95. The Kier molecular flexibility index (Phi) is 10.8. The number of ether oxygens (including phenoxy) is 1. The van der Waals surface area contributed by atoms with Gasteiger partial charge in [-0.05, 0) is 13.8 Å². The first-order valence-electron chi connectivity index (χ1n) is 7.05. The zero-order chi connectivity index (χ0) is 14.8. The molecule has 0 saturated carbocycles. The number of β-amino-alcohol motifs (C(OH)–C–C–N with tert-alkyl or cyclic N) is 1. The van der Waals surface area contributed by atoms with Crippen LogP contribution in [0.25, 0.3) is 0 Å². The number of aliphatic imine (C=N–C) groups is 1. The zero-order valence-electron chi connectivity index (χ0n) is 12.9. The van der Waals surface area contributed by atoms with Crippen molar-refractivity contribution in [3.05, 3.63) is 0 Å². The van der Waals surface area contributed by atoms with E-state index in [-0.39, 0.29) is 24.0 Å². The van der Waals surface area contributed by atoms with Gasteiger partial charge < -0.3 is 20.5 Å². The van der Waals surface area contributed by atoms with E-state index in [0.29, 0.717) is 25.6 Å². The van der Waals surface area contributed by atoms with Crippen LogP contribution in [0.5, 0.6) is 0 Å². The average molecular weight is 410 g/mol. The molecule has 21 heavy (non-hydrogen) atoms. The van der Waals surface area contributed by atoms with Gasteiger partial charge in [-0.2, -0.15) is 0 Å². The molecule has 122 valence electrons. The molecule has 1 aliphatic heterocycles. The largest absolute Gasteiger partial charge is 0.387 e. The van der Waals surface area contributed by atoms with Gasteiger partial charge >= 0.3 is 0 Å². The van der Waals surface area contributed by atoms with Crippen molar-refractivity contribution in [3.8, 4) is 12.3 Å². The zero-order valence-corrected chi connectivity index (χ0v) is 15.2. The van der Waals surface area contributed by atoms with Crippen molar-refractivity contribution in [2.45, 2.75) is 19.4 Å². The van der Waals surface area contributed by atoms with Crippen molar-refractivity contribution in [3.63, 3.8) is 0 Å². The summed E-state index contributed by atoms with van der Waals surface area (Å²) < 4.78 is 5.30. The van der Waals surface area contributed by atoms with E-state index in [4.69, 9.17) is 11.2 Å². The molecule has 3 N–H and O–H groups in total. The molecule has 0 amide bonds. The van der Waals surface area contributed by atoms with Crippen LogP contribution in [-0.2, 0) is 4.74 Å². The normalized spacial score (nSPS) is 19.0. The van der Waals surface area contributed by atoms with Crippen LogP contribution >= 0.6 is 24.0 Å². The molecule has 0 aromatic carbocycles. The van der Waals surface area contributed by atoms with E-state index in [1.807, 2.05) is 6.92 Å². The van der Waals surface area contributed by atoms with Gasteiger partial charge in [0.25, 0.3) is 0 Å². The maximum Gasteiger partial charge on any atom is 0.192 e. The molecule has 1 atom stereocenters. The fourth-order valence-corrected chi connectivity index (χ4v) is 2.02. The number of morpholine rings is 1. The van der Waals surface area contributed by atoms with E-state index < -0.39 is 5.60 Å². The van der Waals surface area contributed by atoms with Gasteiger partial charge in [-0.25, -0.2) is 0 Å². The number of halogens is 1. The van der Waals surface area contributed by atoms with Gasteiger partial charge in [-0.1, -0.05) is 5.92 Å². The molecule has 7 heteroatoms. The number of aliphatic hydroxyl groups is 1. The van der Waals surface area contributed by atoms with Crippen LogP contribution in [-0.4, -0.2) is 74.0 Å². The molecule has 1 unspecified atom stereocenters. The lowest BCUT2D eigenvalue weighted by molar-refractivity contribution is -0.0179. The Labute approximate surface area is 144 Å². The van der Waals surface area contributed by atoms with Crippen molar-refractivity contribution in [1.29, 1.82) is 0 Å². The van der Waals surface area contributed by atoms with Crippen molar-refractivity contribution in [1.82, 2.24) is 15.5 Å². The highest BCUT2D eigenvalue weighted by atomic mass is 127. The standard InChI is InChI=1S/C14H26N4O2.HI/c1-4-6-16-13(15-5-2)17-11-14(3,19)12-18-7-9-20-10-8-18;/h1,19H,5-12H2,2-3H3,(H2,15,16,17);1H. The topological polar surface area (TPSA) is 69.1 Å². The Balaban J connectivity index is 0.00000400. The maximum atomic E-state index is 10.4. The monoisotopic (exact) mass is 410 g/mol. The minimum Gasteiger partial charge on any atom is -0.387 e. The highest BCUT2D eigenvalue weighted by Gasteiger charge is 2.25. The maximum absolute atomic E-state index is 10.4. The van der Waals surface area contributed by atoms with E-state index >= 15 is 0 Å². The predicted octanol–water partition coefficient (Wildman–Crippen LogP) is -0.124. The molecule has 0 aromatic rings. The quantitative estimate of drug-likeness (QED) is 0.247. The van der Waals surface area contributed by atoms with E-state index in [9.17, 15) is 5.11 Å². The second kappa shape index (κ2) is 11.1. The molecule has 0 radical (unpaired) electrons. The molecule has 0 bridgehead atoms. The highest BCUT2D eigenvalue weighted by Crippen LogP contribution is 2.09. The summed E-state index contributed by atoms with van der Waals surface area (Å²) >= 11 is 0. The number of hydrogen-bond donors (Lipinski definition) is 3. The number of hydrogen-bond acceptors (Lipinski definition) is 4. The number of terminal acetylenes is 1. The number of guanidine groups is 1. The van der Waals surface area contributed by atoms with Gasteiger partial charge in [0.15, 0.2) is 5.96 Å². The van der Waals surface area contributed by atoms with Crippen LogP contribution in [0.3, 0.4) is 0 Å². The molecule has 0 aromatic heterocycles. The second-order valence-electron chi connectivity index (χ2n) is 5.14. The summed E-state index contributed by atoms with van der Waals surface area (Å²) in [4.78, 5) is 6.57. The van der Waals surface area contributed by atoms with Crippen LogP contribution in [0.1, 0.15) is 13.8 Å². The third-order valence-electron chi connectivity index (χ3n) is 2.95. The van der Waals surface area contributed by atoms with Crippen LogP contribution in [0.2, 0.25) is 0 Å². The smallest absolute Gasteiger partial charge is 0.192 e. The summed E-state index contributed by atoms with van der Waals surface area (Å²) in [6.45, 7) is 9.04. The molecule has 1 rings (SSSR count). The average Bonchev–Trinajstić information content (AvgIpc) is 2.42. The summed E-state index contributed by atoms with van der Waals surface area (Å²) in [5.74, 6) is 3.13. The minimum absolute atomic E-state index is 0. The summed E-state index contributed by atoms with van der Waals surface area (Å²) in [6.07, 6.45) is 5.22. The SMILES string of the molecule is C#CCNC(=NCC(C)(O)CN1CCOCC1)NCC.I. The first-order chi connectivity index (χ1) is 9.57. The Bertz CT molecular complexity index is 349. The van der Waals surface area contributed by atoms with Crippen LogP contribution in [0.4, 0.5) is 0 Å². The lowest BCUT2D eigenvalue weighted by Gasteiger charge is -2.33. The van der Waals surface area contributed by atoms with Gasteiger partial charge in [0.05, 0.1) is 31.9 Å². The van der Waals surface area contributed by atoms with Gasteiger partial charge in [0.1, 0.15) is 0 Å². The number of nitrogens with zero attached hydrogens (tertiary/aromatic N) is 2. The van der Waals surface area contributed by atoms with Gasteiger partial charge in [0, 0.05) is 26.2 Å². The Hall–Kier alpha value is -0.560. The summed E-state index contributed by atoms with van der Waals surface area (Å²) in [6, 6.07) is 0. The first-order valence-corrected chi connectivity index (χ1v) is 7.05. The second-order valence-corrected chi connectivity index (χ2v) is 5.14. The van der Waals surface area contributed by atoms with E-state index in [1.165, 1.54) is 0 Å². The molecular formula is C14H27IN4O2. The Morgan fingerprint density at radius 1 is 1.43 bits per heavy atom. The first kappa shape index (κ1) is 20.4. The molecule has 1 fully saturated rings. The fourth-order valence-electron chi connectivity index (χ4n) is 2.02. The molecular weight excluding hydrogens is 383 g/mol. The summed E-state index contributed by atoms with van der Waals surface area (Å²) in [5.41, 5.74) is -0.865. The molecule has 6 nitrogen and oxygen atoms in total. The Morgan fingerprint density at radius 3 is 2.67 bits per heavy atom. The van der Waals surface area contributed by atoms with Crippen molar-refractivity contribution in [2.75, 3.05) is 52.5 Å². The van der Waals surface area contributed by atoms with Crippen molar-refractivity contribution >= 4 is 29.9 Å². The number of nitrogens with one attached hydrogen (secondary N) is 2. The molecule has 1 heterocycles. The molecule has 1 aliphatic rings. The summed E-state index contributed by atoms with van der Waals surface area (Å²) in [7, 11) is 0. The van der Waals surface area contributed by atoms with E-state index in [1.54, 1.807) is 6.92 Å². The van der Waals surface area contributed by atoms with Crippen LogP contribution in [0.15, 0.2) is 4.99 Å². The third kappa shape index (κ3) is 9.14. The summed E-state index contributed by atoms with van der Waals surface area (Å²) in [5, 5.41) is 16.5. The highest BCUT2D eigenvalue weighted by molar-refractivity contribution is 14.0. The van der Waals surface area contributed by atoms with Crippen LogP contribution < -0.4 is 10.6 Å². The van der Waals surface area contributed by atoms with Gasteiger partial charge in [-0.3, -0.25) is 9.89 Å². The lowest BCUT2D eigenvalue weighted by atomic mass is 10.1. The molecule has 0 spiro atoms. The van der Waals surface area contributed by atoms with E-state index in [0.717, 1.165) is 32.8 Å². The minimum atomic E-state index is -0.865. The van der Waals surface area contributed by atoms with Crippen molar-refractivity contribution < 1.29 is 9.84 Å². The van der Waals surface area contributed by atoms with Crippen LogP contribution in [0, 0.1) is 12.3 Å². The lowest BCUT2D eigenvalue weighted by Crippen LogP contribution is -2.48.